The average Bonchev–Trinajstić information content (AvgIpc) is 1.68. The summed E-state index contributed by atoms with van der Waals surface area (Å²) in [6.45, 7) is 9.39. The van der Waals surface area contributed by atoms with E-state index in [0.717, 1.165) is 13.1 Å². The van der Waals surface area contributed by atoms with Gasteiger partial charge in [0.15, 0.2) is 0 Å². The standard InChI is InChI=1S/C6H13BN.Li/c1-3-5-8(7)6-4-2;/h3-4H,1-2,5-6H2,7H3;/q-1;+1. The smallest absolute Gasteiger partial charge is 0.478 e. The normalized spacial score (nSPS) is 8.22. The summed E-state index contributed by atoms with van der Waals surface area (Å²) in [6, 6.07) is 0. The summed E-state index contributed by atoms with van der Waals surface area (Å²) in [7, 11) is 0.354. The van der Waals surface area contributed by atoms with Crippen molar-refractivity contribution in [1.29, 1.82) is 0 Å². The molecule has 0 radical (unpaired) electrons. The quantitative estimate of drug-likeness (QED) is 0.279. The second-order valence-corrected chi connectivity index (χ2v) is 1.17. The van der Waals surface area contributed by atoms with Crippen LogP contribution in [0.2, 0.25) is 0 Å². The van der Waals surface area contributed by atoms with Crippen molar-refractivity contribution >= 4 is 7.98 Å². The van der Waals surface area contributed by atoms with Gasteiger partial charge in [-0.25, -0.2) is 0 Å². The van der Waals surface area contributed by atoms with Gasteiger partial charge in [0, 0.05) is 7.98 Å². The maximum absolute atomic E-state index is 3.65. The van der Waals surface area contributed by atoms with Crippen LogP contribution in [0.15, 0.2) is 25.3 Å². The Balaban J connectivity index is 0. The van der Waals surface area contributed by atoms with E-state index in [0.29, 0.717) is 7.98 Å². The monoisotopic (exact) mass is 117 g/mol. The minimum Gasteiger partial charge on any atom is -0.478 e. The molecule has 0 fully saturated rings. The topological polar surface area (TPSA) is 3.24 Å². The average molecular weight is 117 g/mol. The molecule has 0 spiro atoms. The molecule has 0 unspecified atom stereocenters. The molecule has 3 heteroatoms. The maximum Gasteiger partial charge on any atom is 1.00 e. The van der Waals surface area contributed by atoms with Crippen LogP contribution in [-0.2, 0) is 0 Å². The fraction of sp³-hybridized carbons (Fsp3) is 0.333. The molecule has 0 saturated heterocycles. The molecule has 0 bridgehead atoms. The van der Waals surface area contributed by atoms with Crippen LogP contribution < -0.4 is 18.9 Å². The first kappa shape index (κ1) is 11.8. The summed E-state index contributed by atoms with van der Waals surface area (Å²) >= 11 is 0. The second-order valence-electron chi connectivity index (χ2n) is 1.17. The minimum atomic E-state index is 0. The molecular formula is C6H13BLiN. The molecule has 0 N–H and O–H groups in total. The van der Waals surface area contributed by atoms with Crippen molar-refractivity contribution in [2.45, 2.75) is 0 Å². The van der Waals surface area contributed by atoms with Gasteiger partial charge in [-0.15, -0.1) is 13.2 Å². The Morgan fingerprint density at radius 2 is 1.56 bits per heavy atom. The molecule has 0 amide bonds. The SMILES string of the molecule is [BH3-]N(CC=C)CC=C.[Li+]. The number of hydrogen-bond acceptors (Lipinski definition) is 1. The minimum absolute atomic E-state index is 0. The van der Waals surface area contributed by atoms with Gasteiger partial charge in [0.2, 0.25) is 0 Å². The molecule has 9 heavy (non-hydrogen) atoms. The van der Waals surface area contributed by atoms with Gasteiger partial charge in [-0.1, -0.05) is 12.2 Å². The first-order chi connectivity index (χ1) is 3.81. The number of nitrogens with zero attached hydrogens (tertiary/aromatic N) is 1. The van der Waals surface area contributed by atoms with Gasteiger partial charge >= 0.3 is 18.9 Å². The van der Waals surface area contributed by atoms with E-state index in [9.17, 15) is 0 Å². The van der Waals surface area contributed by atoms with E-state index in [2.05, 4.69) is 18.0 Å². The van der Waals surface area contributed by atoms with Gasteiger partial charge in [-0.3, -0.25) is 0 Å². The van der Waals surface area contributed by atoms with Crippen molar-refractivity contribution < 1.29 is 18.9 Å². The van der Waals surface area contributed by atoms with Crippen molar-refractivity contribution in [1.82, 2.24) is 4.81 Å². The maximum atomic E-state index is 3.65. The number of rotatable bonds is 4. The van der Waals surface area contributed by atoms with Crippen LogP contribution >= 0.6 is 0 Å². The summed E-state index contributed by atoms with van der Waals surface area (Å²) in [4.78, 5) is 2.38. The summed E-state index contributed by atoms with van der Waals surface area (Å²) in [5, 5.41) is 0. The van der Waals surface area contributed by atoms with Crippen LogP contribution in [0.25, 0.3) is 0 Å². The Kier molecular flexibility index (Phi) is 10.7. The molecule has 1 nitrogen and oxygen atoms in total. The third-order valence-corrected chi connectivity index (χ3v) is 0.516. The van der Waals surface area contributed by atoms with Crippen molar-refractivity contribution in [2.24, 2.45) is 0 Å². The predicted molar refractivity (Wildman–Crippen MR) is 41.9 cm³/mol. The first-order valence-electron chi connectivity index (χ1n) is 2.27. The summed E-state index contributed by atoms with van der Waals surface area (Å²) in [6.07, 6.45) is 3.88. The van der Waals surface area contributed by atoms with E-state index < -0.39 is 0 Å². The Hall–Kier alpha value is 0.102. The van der Waals surface area contributed by atoms with Gasteiger partial charge < -0.3 is 4.81 Å². The van der Waals surface area contributed by atoms with Gasteiger partial charge in [-0.05, 0) is 13.1 Å². The molecule has 0 atom stereocenters. The van der Waals surface area contributed by atoms with Crippen molar-refractivity contribution in [3.8, 4) is 0 Å². The zero-order valence-corrected chi connectivity index (χ0v) is 5.43. The van der Waals surface area contributed by atoms with E-state index in [1.54, 1.807) is 0 Å². The summed E-state index contributed by atoms with van der Waals surface area (Å²) in [5.74, 6) is 0. The van der Waals surface area contributed by atoms with E-state index in [-0.39, 0.29) is 18.9 Å². The van der Waals surface area contributed by atoms with Crippen LogP contribution in [0.3, 0.4) is 0 Å². The fourth-order valence-corrected chi connectivity index (χ4v) is 0.257. The Labute approximate surface area is 70.4 Å². The summed E-state index contributed by atoms with van der Waals surface area (Å²) in [5.41, 5.74) is 0. The molecule has 0 aliphatic carbocycles. The molecular weight excluding hydrogens is 104 g/mol. The molecule has 0 aliphatic heterocycles. The van der Waals surface area contributed by atoms with Gasteiger partial charge in [0.05, 0.1) is 0 Å². The largest absolute Gasteiger partial charge is 1.00 e. The molecule has 0 saturated carbocycles. The predicted octanol–water partition coefficient (Wildman–Crippen LogP) is -3.06. The van der Waals surface area contributed by atoms with Gasteiger partial charge in [0.1, 0.15) is 0 Å². The Morgan fingerprint density at radius 1 is 1.22 bits per heavy atom. The molecule has 0 rings (SSSR count). The Morgan fingerprint density at radius 3 is 1.78 bits per heavy atom. The fourth-order valence-electron chi connectivity index (χ4n) is 0.257. The zero-order valence-electron chi connectivity index (χ0n) is 5.43. The van der Waals surface area contributed by atoms with E-state index in [1.807, 2.05) is 12.2 Å². The van der Waals surface area contributed by atoms with Gasteiger partial charge in [0.25, 0.3) is 0 Å². The second kappa shape index (κ2) is 8.10. The third-order valence-electron chi connectivity index (χ3n) is 0.516. The zero-order chi connectivity index (χ0) is 6.41. The molecule has 0 aromatic rings. The molecule has 46 valence electrons. The van der Waals surface area contributed by atoms with Gasteiger partial charge in [-0.2, -0.15) is 0 Å². The molecule has 0 aliphatic rings. The van der Waals surface area contributed by atoms with Crippen LogP contribution in [-0.4, -0.2) is 25.9 Å². The van der Waals surface area contributed by atoms with E-state index >= 15 is 0 Å². The van der Waals surface area contributed by atoms with E-state index in [4.69, 9.17) is 0 Å². The van der Waals surface area contributed by atoms with Crippen LogP contribution in [0.5, 0.6) is 0 Å². The van der Waals surface area contributed by atoms with Crippen molar-refractivity contribution in [3.05, 3.63) is 25.3 Å². The molecule has 0 heterocycles. The Bertz CT molecular complexity index is 75.1. The van der Waals surface area contributed by atoms with Crippen molar-refractivity contribution in [3.63, 3.8) is 0 Å². The van der Waals surface area contributed by atoms with Crippen molar-refractivity contribution in [2.75, 3.05) is 13.1 Å². The first-order valence-corrected chi connectivity index (χ1v) is 2.27. The molecule has 0 aromatic carbocycles. The molecule has 0 aromatic heterocycles. The van der Waals surface area contributed by atoms with Crippen LogP contribution in [0.4, 0.5) is 0 Å². The third kappa shape index (κ3) is 8.10. The summed E-state index contributed by atoms with van der Waals surface area (Å²) < 4.78 is 0. The van der Waals surface area contributed by atoms with Crippen LogP contribution in [0.1, 0.15) is 0 Å². The van der Waals surface area contributed by atoms with E-state index in [1.165, 1.54) is 0 Å². The van der Waals surface area contributed by atoms with Crippen LogP contribution in [0, 0.1) is 0 Å². The number of hydrogen-bond donors (Lipinski definition) is 0.